The van der Waals surface area contributed by atoms with Gasteiger partial charge in [-0.25, -0.2) is 13.4 Å². The summed E-state index contributed by atoms with van der Waals surface area (Å²) in [7, 11) is -2.96. The smallest absolute Gasteiger partial charge is 0.225 e. The van der Waals surface area contributed by atoms with E-state index >= 15 is 0 Å². The maximum atomic E-state index is 11.3. The third kappa shape index (κ3) is 4.99. The SMILES string of the molecule is CCOc1ccnc(NCCS(=O)(=O)CC)n1. The zero-order valence-electron chi connectivity index (χ0n) is 10.0. The number of ether oxygens (including phenoxy) is 1. The standard InChI is InChI=1S/C10H17N3O3S/c1-3-16-9-5-6-11-10(13-9)12-7-8-17(14,15)4-2/h5-6H,3-4,7-8H2,1-2H3,(H,11,12,13). The molecular weight excluding hydrogens is 242 g/mol. The second-order valence-electron chi connectivity index (χ2n) is 3.31. The summed E-state index contributed by atoms with van der Waals surface area (Å²) in [6.07, 6.45) is 1.56. The van der Waals surface area contributed by atoms with E-state index in [9.17, 15) is 8.42 Å². The van der Waals surface area contributed by atoms with Gasteiger partial charge in [0.15, 0.2) is 9.84 Å². The van der Waals surface area contributed by atoms with Crippen LogP contribution in [0.3, 0.4) is 0 Å². The van der Waals surface area contributed by atoms with Crippen LogP contribution in [-0.2, 0) is 9.84 Å². The van der Waals surface area contributed by atoms with Crippen LogP contribution in [0.1, 0.15) is 13.8 Å². The van der Waals surface area contributed by atoms with Crippen molar-refractivity contribution in [2.45, 2.75) is 13.8 Å². The summed E-state index contributed by atoms with van der Waals surface area (Å²) in [5.41, 5.74) is 0. The van der Waals surface area contributed by atoms with Gasteiger partial charge in [-0.05, 0) is 6.92 Å². The molecule has 1 aromatic heterocycles. The van der Waals surface area contributed by atoms with Crippen molar-refractivity contribution in [3.8, 4) is 5.88 Å². The summed E-state index contributed by atoms with van der Waals surface area (Å²) < 4.78 is 27.7. The van der Waals surface area contributed by atoms with Crippen LogP contribution in [0, 0.1) is 0 Å². The molecule has 0 atom stereocenters. The molecule has 7 heteroatoms. The van der Waals surface area contributed by atoms with Gasteiger partial charge in [-0.15, -0.1) is 0 Å². The van der Waals surface area contributed by atoms with Crippen LogP contribution in [0.4, 0.5) is 5.95 Å². The highest BCUT2D eigenvalue weighted by atomic mass is 32.2. The third-order valence-corrected chi connectivity index (χ3v) is 3.76. The van der Waals surface area contributed by atoms with Crippen molar-refractivity contribution in [1.82, 2.24) is 9.97 Å². The first-order valence-corrected chi connectivity index (χ1v) is 7.29. The Morgan fingerprint density at radius 2 is 2.18 bits per heavy atom. The van der Waals surface area contributed by atoms with Gasteiger partial charge in [0.1, 0.15) is 0 Å². The molecule has 0 saturated heterocycles. The molecule has 0 radical (unpaired) electrons. The van der Waals surface area contributed by atoms with Crippen LogP contribution < -0.4 is 10.1 Å². The molecule has 1 rings (SSSR count). The summed E-state index contributed by atoms with van der Waals surface area (Å²) in [6.45, 7) is 4.32. The van der Waals surface area contributed by atoms with Crippen molar-refractivity contribution < 1.29 is 13.2 Å². The Bertz CT molecular complexity index is 448. The van der Waals surface area contributed by atoms with Crippen molar-refractivity contribution in [1.29, 1.82) is 0 Å². The fourth-order valence-corrected chi connectivity index (χ4v) is 1.82. The highest BCUT2D eigenvalue weighted by Gasteiger charge is 2.07. The number of nitrogens with zero attached hydrogens (tertiary/aromatic N) is 2. The van der Waals surface area contributed by atoms with Gasteiger partial charge in [0, 0.05) is 24.6 Å². The maximum absolute atomic E-state index is 11.3. The van der Waals surface area contributed by atoms with E-state index in [2.05, 4.69) is 15.3 Å². The first kappa shape index (κ1) is 13.7. The quantitative estimate of drug-likeness (QED) is 0.777. The highest BCUT2D eigenvalue weighted by Crippen LogP contribution is 2.07. The Balaban J connectivity index is 2.49. The summed E-state index contributed by atoms with van der Waals surface area (Å²) in [6, 6.07) is 1.65. The number of hydrogen-bond acceptors (Lipinski definition) is 6. The molecule has 1 heterocycles. The molecule has 0 amide bonds. The van der Waals surface area contributed by atoms with Crippen molar-refractivity contribution >= 4 is 15.8 Å². The lowest BCUT2D eigenvalue weighted by atomic mass is 10.6. The molecule has 0 spiro atoms. The molecule has 0 aromatic carbocycles. The summed E-state index contributed by atoms with van der Waals surface area (Å²) in [4.78, 5) is 8.04. The van der Waals surface area contributed by atoms with Crippen LogP contribution in [0.2, 0.25) is 0 Å². The van der Waals surface area contributed by atoms with Gasteiger partial charge < -0.3 is 10.1 Å². The average Bonchev–Trinajstić information content (AvgIpc) is 2.30. The molecule has 96 valence electrons. The van der Waals surface area contributed by atoms with Gasteiger partial charge in [-0.3, -0.25) is 0 Å². The molecule has 0 aliphatic rings. The van der Waals surface area contributed by atoms with E-state index in [0.717, 1.165) is 0 Å². The van der Waals surface area contributed by atoms with Crippen molar-refractivity contribution in [3.05, 3.63) is 12.3 Å². The number of rotatable bonds is 7. The Labute approximate surface area is 101 Å². The van der Waals surface area contributed by atoms with Crippen molar-refractivity contribution in [2.24, 2.45) is 0 Å². The molecule has 0 unspecified atom stereocenters. The average molecular weight is 259 g/mol. The highest BCUT2D eigenvalue weighted by molar-refractivity contribution is 7.91. The Kier molecular flexibility index (Phi) is 5.14. The zero-order chi connectivity index (χ0) is 12.7. The lowest BCUT2D eigenvalue weighted by Gasteiger charge is -2.06. The zero-order valence-corrected chi connectivity index (χ0v) is 10.8. The number of nitrogens with one attached hydrogen (secondary N) is 1. The lowest BCUT2D eigenvalue weighted by molar-refractivity contribution is 0.326. The van der Waals surface area contributed by atoms with E-state index in [-0.39, 0.29) is 11.5 Å². The monoisotopic (exact) mass is 259 g/mol. The molecule has 0 aliphatic heterocycles. The van der Waals surface area contributed by atoms with E-state index in [0.29, 0.717) is 25.0 Å². The fourth-order valence-electron chi connectivity index (χ4n) is 1.12. The molecule has 0 saturated carbocycles. The maximum Gasteiger partial charge on any atom is 0.225 e. The van der Waals surface area contributed by atoms with E-state index in [1.165, 1.54) is 0 Å². The molecule has 0 bridgehead atoms. The molecule has 1 aromatic rings. The van der Waals surface area contributed by atoms with E-state index in [1.54, 1.807) is 19.2 Å². The van der Waals surface area contributed by atoms with E-state index in [1.807, 2.05) is 6.92 Å². The van der Waals surface area contributed by atoms with Crippen LogP contribution in [0.5, 0.6) is 5.88 Å². The number of aromatic nitrogens is 2. The molecule has 6 nitrogen and oxygen atoms in total. The Morgan fingerprint density at radius 1 is 1.41 bits per heavy atom. The molecular formula is C10H17N3O3S. The minimum Gasteiger partial charge on any atom is -0.478 e. The second kappa shape index (κ2) is 6.39. The number of anilines is 1. The van der Waals surface area contributed by atoms with Gasteiger partial charge in [-0.2, -0.15) is 4.98 Å². The first-order valence-electron chi connectivity index (χ1n) is 5.47. The van der Waals surface area contributed by atoms with Crippen LogP contribution in [0.15, 0.2) is 12.3 Å². The summed E-state index contributed by atoms with van der Waals surface area (Å²) in [5, 5.41) is 2.85. The minimum absolute atomic E-state index is 0.0751. The van der Waals surface area contributed by atoms with Crippen LogP contribution in [0.25, 0.3) is 0 Å². The largest absolute Gasteiger partial charge is 0.478 e. The molecule has 0 aliphatic carbocycles. The Hall–Kier alpha value is -1.37. The predicted molar refractivity (Wildman–Crippen MR) is 66.0 cm³/mol. The van der Waals surface area contributed by atoms with Gasteiger partial charge >= 0.3 is 0 Å². The van der Waals surface area contributed by atoms with Crippen LogP contribution in [-0.4, -0.2) is 43.0 Å². The fraction of sp³-hybridized carbons (Fsp3) is 0.600. The third-order valence-electron chi connectivity index (χ3n) is 2.06. The van der Waals surface area contributed by atoms with Gasteiger partial charge in [0.25, 0.3) is 0 Å². The second-order valence-corrected chi connectivity index (χ2v) is 5.79. The molecule has 1 N–H and O–H groups in total. The van der Waals surface area contributed by atoms with E-state index < -0.39 is 9.84 Å². The van der Waals surface area contributed by atoms with Gasteiger partial charge in [0.2, 0.25) is 11.8 Å². The normalized spacial score (nSPS) is 11.2. The lowest BCUT2D eigenvalue weighted by Crippen LogP contribution is -2.18. The number of hydrogen-bond donors (Lipinski definition) is 1. The van der Waals surface area contributed by atoms with E-state index in [4.69, 9.17) is 4.74 Å². The Morgan fingerprint density at radius 3 is 2.82 bits per heavy atom. The van der Waals surface area contributed by atoms with Crippen molar-refractivity contribution in [2.75, 3.05) is 30.0 Å². The molecule has 17 heavy (non-hydrogen) atoms. The molecule has 0 fully saturated rings. The van der Waals surface area contributed by atoms with Gasteiger partial charge in [0.05, 0.1) is 12.4 Å². The predicted octanol–water partition coefficient (Wildman–Crippen LogP) is 0.722. The topological polar surface area (TPSA) is 81.2 Å². The minimum atomic E-state index is -2.96. The summed E-state index contributed by atoms with van der Waals surface area (Å²) in [5.74, 6) is 1.07. The number of sulfone groups is 1. The van der Waals surface area contributed by atoms with Crippen LogP contribution >= 0.6 is 0 Å². The van der Waals surface area contributed by atoms with Crippen molar-refractivity contribution in [3.63, 3.8) is 0 Å². The first-order chi connectivity index (χ1) is 8.07. The summed E-state index contributed by atoms with van der Waals surface area (Å²) >= 11 is 0. The van der Waals surface area contributed by atoms with Gasteiger partial charge in [-0.1, -0.05) is 6.92 Å².